The highest BCUT2D eigenvalue weighted by Crippen LogP contribution is 2.25. The van der Waals surface area contributed by atoms with E-state index in [0.717, 1.165) is 23.4 Å². The number of benzene rings is 1. The molecule has 218 valence electrons. The lowest BCUT2D eigenvalue weighted by Gasteiger charge is -2.25. The fourth-order valence-electron chi connectivity index (χ4n) is 5.23. The van der Waals surface area contributed by atoms with Gasteiger partial charge in [0.15, 0.2) is 0 Å². The predicted octanol–water partition coefficient (Wildman–Crippen LogP) is 2.78. The molecular weight excluding hydrogens is 524 g/mol. The molecule has 0 unspecified atom stereocenters. The smallest absolute Gasteiger partial charge is 0.256 e. The Morgan fingerprint density at radius 3 is 2.83 bits per heavy atom. The van der Waals surface area contributed by atoms with Gasteiger partial charge >= 0.3 is 0 Å². The largest absolute Gasteiger partial charge is 0.456 e. The van der Waals surface area contributed by atoms with Crippen molar-refractivity contribution >= 4 is 11.8 Å². The van der Waals surface area contributed by atoms with Crippen molar-refractivity contribution in [3.8, 4) is 11.5 Å². The van der Waals surface area contributed by atoms with Gasteiger partial charge in [0.2, 0.25) is 5.91 Å². The maximum Gasteiger partial charge on any atom is 0.256 e. The monoisotopic (exact) mass is 562 g/mol. The average molecular weight is 563 g/mol. The minimum absolute atomic E-state index is 0.116. The third kappa shape index (κ3) is 7.69. The van der Waals surface area contributed by atoms with Gasteiger partial charge in [-0.15, -0.1) is 0 Å². The van der Waals surface area contributed by atoms with Gasteiger partial charge < -0.3 is 24.4 Å². The van der Waals surface area contributed by atoms with E-state index in [-0.39, 0.29) is 37.0 Å². The molecule has 1 saturated heterocycles. The van der Waals surface area contributed by atoms with Crippen LogP contribution in [0.15, 0.2) is 48.8 Å². The van der Waals surface area contributed by atoms with Crippen LogP contribution in [0.5, 0.6) is 11.5 Å². The van der Waals surface area contributed by atoms with E-state index in [2.05, 4.69) is 45.3 Å². The van der Waals surface area contributed by atoms with E-state index in [1.165, 1.54) is 11.1 Å². The van der Waals surface area contributed by atoms with Crippen LogP contribution in [0.3, 0.4) is 0 Å². The van der Waals surface area contributed by atoms with E-state index in [1.54, 1.807) is 19.4 Å². The Hall–Kier alpha value is -3.80. The molecule has 3 aromatic rings. The second-order valence-corrected chi connectivity index (χ2v) is 11.1. The number of hydrogen-bond acceptors (Lipinski definition) is 8. The first-order chi connectivity index (χ1) is 19.9. The summed E-state index contributed by atoms with van der Waals surface area (Å²) in [5.41, 5.74) is 3.35. The van der Waals surface area contributed by atoms with Crippen molar-refractivity contribution in [2.75, 3.05) is 39.9 Å². The van der Waals surface area contributed by atoms with Gasteiger partial charge in [-0.3, -0.25) is 24.6 Å². The number of nitrogens with one attached hydrogen (secondary N) is 2. The lowest BCUT2D eigenvalue weighted by Crippen LogP contribution is -2.49. The van der Waals surface area contributed by atoms with Crippen molar-refractivity contribution in [3.05, 3.63) is 71.3 Å². The number of fused-ring (bicyclic) bond motifs is 5. The molecule has 1 fully saturated rings. The summed E-state index contributed by atoms with van der Waals surface area (Å²) >= 11 is 0. The minimum atomic E-state index is -0.326. The Morgan fingerprint density at radius 1 is 1.12 bits per heavy atom. The maximum absolute atomic E-state index is 13.4. The van der Waals surface area contributed by atoms with Crippen LogP contribution in [0.2, 0.25) is 0 Å². The number of methoxy groups -OCH3 is 1. The first kappa shape index (κ1) is 28.7. The van der Waals surface area contributed by atoms with Gasteiger partial charge in [-0.05, 0) is 42.2 Å². The highest BCUT2D eigenvalue weighted by Gasteiger charge is 2.35. The molecule has 1 aromatic carbocycles. The van der Waals surface area contributed by atoms with Crippen LogP contribution in [-0.2, 0) is 33.8 Å². The number of nitrogens with zero attached hydrogens (tertiary/aromatic N) is 4. The predicted molar refractivity (Wildman–Crippen MR) is 151 cm³/mol. The van der Waals surface area contributed by atoms with Crippen molar-refractivity contribution in [3.63, 3.8) is 0 Å². The van der Waals surface area contributed by atoms with Crippen molar-refractivity contribution in [1.29, 1.82) is 0 Å². The van der Waals surface area contributed by atoms with Crippen LogP contribution in [0.25, 0.3) is 0 Å². The third-order valence-electron chi connectivity index (χ3n) is 7.13. The summed E-state index contributed by atoms with van der Waals surface area (Å²) in [6, 6.07) is 11.1. The molecule has 0 spiro atoms. The van der Waals surface area contributed by atoms with E-state index >= 15 is 0 Å². The van der Waals surface area contributed by atoms with Gasteiger partial charge in [-0.25, -0.2) is 0 Å². The topological polar surface area (TPSA) is 122 Å². The fraction of sp³-hybridized carbons (Fsp3) is 0.467. The molecule has 2 aliphatic heterocycles. The van der Waals surface area contributed by atoms with Crippen LogP contribution in [-0.4, -0.2) is 88.8 Å². The van der Waals surface area contributed by atoms with Gasteiger partial charge in [0.05, 0.1) is 49.4 Å². The zero-order valence-electron chi connectivity index (χ0n) is 23.8. The molecule has 11 nitrogen and oxygen atoms in total. The zero-order valence-corrected chi connectivity index (χ0v) is 23.8. The molecule has 41 heavy (non-hydrogen) atoms. The van der Waals surface area contributed by atoms with Gasteiger partial charge in [-0.2, -0.15) is 5.10 Å². The van der Waals surface area contributed by atoms with Crippen molar-refractivity contribution in [2.24, 2.45) is 5.92 Å². The molecule has 2 amide bonds. The number of hydrogen-bond donors (Lipinski definition) is 2. The van der Waals surface area contributed by atoms with Crippen LogP contribution in [0.4, 0.5) is 0 Å². The maximum atomic E-state index is 13.4. The lowest BCUT2D eigenvalue weighted by atomic mass is 10.1. The normalized spacial score (nSPS) is 20.1. The highest BCUT2D eigenvalue weighted by molar-refractivity contribution is 5.96. The van der Waals surface area contributed by atoms with Gasteiger partial charge in [0, 0.05) is 45.2 Å². The van der Waals surface area contributed by atoms with Crippen LogP contribution in [0.1, 0.15) is 41.2 Å². The van der Waals surface area contributed by atoms with Gasteiger partial charge in [-0.1, -0.05) is 26.0 Å². The molecular formula is C30H38N6O5. The molecule has 11 heteroatoms. The first-order valence-corrected chi connectivity index (χ1v) is 14.0. The number of aromatic nitrogens is 3. The Labute approximate surface area is 240 Å². The molecule has 2 N–H and O–H groups in total. The van der Waals surface area contributed by atoms with Crippen molar-refractivity contribution in [2.45, 2.75) is 45.6 Å². The Bertz CT molecular complexity index is 1340. The van der Waals surface area contributed by atoms with E-state index in [0.29, 0.717) is 55.8 Å². The summed E-state index contributed by atoms with van der Waals surface area (Å²) in [7, 11) is 1.56. The number of carbonyl (C=O) groups excluding carboxylic acids is 2. The van der Waals surface area contributed by atoms with Crippen molar-refractivity contribution < 1.29 is 23.8 Å². The summed E-state index contributed by atoms with van der Waals surface area (Å²) in [6.07, 6.45) is 3.71. The average Bonchev–Trinajstić information content (AvgIpc) is 3.54. The molecule has 5 rings (SSSR count). The highest BCUT2D eigenvalue weighted by atomic mass is 16.5. The minimum Gasteiger partial charge on any atom is -0.456 e. The number of rotatable bonds is 7. The third-order valence-corrected chi connectivity index (χ3v) is 7.13. The molecule has 0 saturated carbocycles. The zero-order chi connectivity index (χ0) is 28.8. The first-order valence-electron chi connectivity index (χ1n) is 14.0. The molecule has 2 aliphatic rings. The number of pyridine rings is 1. The van der Waals surface area contributed by atoms with Gasteiger partial charge in [0.1, 0.15) is 11.5 Å². The van der Waals surface area contributed by atoms with Gasteiger partial charge in [0.25, 0.3) is 5.91 Å². The summed E-state index contributed by atoms with van der Waals surface area (Å²) in [5, 5.41) is 10.8. The Kier molecular flexibility index (Phi) is 9.28. The van der Waals surface area contributed by atoms with Crippen LogP contribution >= 0.6 is 0 Å². The summed E-state index contributed by atoms with van der Waals surface area (Å²) < 4.78 is 17.6. The summed E-state index contributed by atoms with van der Waals surface area (Å²) in [5.74, 6) is 0.992. The molecule has 2 atom stereocenters. The summed E-state index contributed by atoms with van der Waals surface area (Å²) in [4.78, 5) is 34.6. The van der Waals surface area contributed by atoms with Crippen LogP contribution in [0, 0.1) is 5.92 Å². The molecule has 0 radical (unpaired) electrons. The Morgan fingerprint density at radius 2 is 2.00 bits per heavy atom. The van der Waals surface area contributed by atoms with Crippen molar-refractivity contribution in [1.82, 2.24) is 30.3 Å². The van der Waals surface area contributed by atoms with E-state index < -0.39 is 0 Å². The SMILES string of the molecule is COCCN1CC(=O)N[C@H]2CN(Cc3cc(CC(C)C)n[nH]3)C[C@@H]2OCc2cccc(c2)Oc2cncc(c2)C1=O. The number of H-pyrrole nitrogens is 1. The quantitative estimate of drug-likeness (QED) is 0.451. The number of ether oxygens (including phenoxy) is 3. The van der Waals surface area contributed by atoms with E-state index in [9.17, 15) is 9.59 Å². The number of aromatic amines is 1. The lowest BCUT2D eigenvalue weighted by molar-refractivity contribution is -0.123. The van der Waals surface area contributed by atoms with E-state index in [4.69, 9.17) is 14.2 Å². The Balaban J connectivity index is 1.37. The number of carbonyl (C=O) groups is 2. The number of amides is 2. The molecule has 0 aliphatic carbocycles. The number of likely N-dealkylation sites (tertiary alicyclic amines) is 1. The van der Waals surface area contributed by atoms with E-state index in [1.807, 2.05) is 24.3 Å². The second-order valence-electron chi connectivity index (χ2n) is 11.1. The van der Waals surface area contributed by atoms with Crippen LogP contribution < -0.4 is 10.1 Å². The fourth-order valence-corrected chi connectivity index (χ4v) is 5.23. The second kappa shape index (κ2) is 13.2. The molecule has 4 bridgehead atoms. The molecule has 2 aromatic heterocycles. The molecule has 4 heterocycles. The standard InChI is InChI=1S/C30H38N6O5/c1-20(2)9-23-12-24(34-33-23)15-35-16-27-28(17-35)40-19-21-5-4-6-25(10-21)41-26-11-22(13-31-14-26)30(38)36(7-8-39-3)18-29(37)32-27/h4-6,10-14,20,27-28H,7-9,15-19H2,1-3H3,(H,32,37)(H,33,34)/t27-,28-/m0/s1. The summed E-state index contributed by atoms with van der Waals surface area (Å²) in [6.45, 7) is 7.06.